The molecule has 120 valence electrons. The van der Waals surface area contributed by atoms with E-state index in [0.717, 1.165) is 25.7 Å². The van der Waals surface area contributed by atoms with E-state index in [0.29, 0.717) is 25.8 Å². The summed E-state index contributed by atoms with van der Waals surface area (Å²) in [5, 5.41) is 11.2. The highest BCUT2D eigenvalue weighted by molar-refractivity contribution is 5.86. The van der Waals surface area contributed by atoms with Gasteiger partial charge in [0.2, 0.25) is 11.8 Å². The third-order valence-corrected chi connectivity index (χ3v) is 3.31. The number of hydrogen-bond acceptors (Lipinski definition) is 3. The van der Waals surface area contributed by atoms with E-state index in [4.69, 9.17) is 10.8 Å². The highest BCUT2D eigenvalue weighted by Crippen LogP contribution is 2.16. The Morgan fingerprint density at radius 1 is 1.10 bits per heavy atom. The molecule has 0 spiro atoms. The van der Waals surface area contributed by atoms with Gasteiger partial charge >= 0.3 is 5.97 Å². The van der Waals surface area contributed by atoms with Gasteiger partial charge in [-0.15, -0.1) is 0 Å². The number of carboxylic acids is 1. The Morgan fingerprint density at radius 2 is 1.71 bits per heavy atom. The number of carboxylic acid groups (broad SMARTS) is 1. The Hall–Kier alpha value is -1.85. The molecule has 1 unspecified atom stereocenters. The summed E-state index contributed by atoms with van der Waals surface area (Å²) in [4.78, 5) is 32.6. The van der Waals surface area contributed by atoms with Crippen molar-refractivity contribution in [2.75, 3.05) is 6.54 Å². The van der Waals surface area contributed by atoms with Gasteiger partial charge in [-0.3, -0.25) is 14.4 Å². The molecular weight excluding hydrogens is 272 g/mol. The zero-order valence-electron chi connectivity index (χ0n) is 12.5. The molecule has 1 atom stereocenters. The molecule has 2 amide bonds. The van der Waals surface area contributed by atoms with Crippen LogP contribution in [-0.4, -0.2) is 29.4 Å². The summed E-state index contributed by atoms with van der Waals surface area (Å²) >= 11 is 0. The van der Waals surface area contributed by atoms with Crippen LogP contribution >= 0.6 is 0 Å². The maximum Gasteiger partial charge on any atom is 0.303 e. The van der Waals surface area contributed by atoms with Gasteiger partial charge in [0.05, 0.1) is 0 Å². The second-order valence-corrected chi connectivity index (χ2v) is 5.08. The number of hydrogen-bond donors (Lipinski definition) is 3. The molecule has 6 nitrogen and oxygen atoms in total. The second-order valence-electron chi connectivity index (χ2n) is 5.08. The SMILES string of the molecule is C=CC(=O)NCCCCC(CCCCCC(=O)O)C(N)=O. The zero-order chi connectivity index (χ0) is 16.1. The van der Waals surface area contributed by atoms with Gasteiger partial charge in [0.1, 0.15) is 0 Å². The summed E-state index contributed by atoms with van der Waals surface area (Å²) in [6, 6.07) is 0. The first kappa shape index (κ1) is 19.1. The Bertz CT molecular complexity index is 356. The largest absolute Gasteiger partial charge is 0.481 e. The molecule has 4 N–H and O–H groups in total. The van der Waals surface area contributed by atoms with Crippen LogP contribution in [0.5, 0.6) is 0 Å². The van der Waals surface area contributed by atoms with Crippen LogP contribution in [0.15, 0.2) is 12.7 Å². The number of nitrogens with one attached hydrogen (secondary N) is 1. The molecule has 0 aliphatic rings. The van der Waals surface area contributed by atoms with Crippen molar-refractivity contribution < 1.29 is 19.5 Å². The minimum atomic E-state index is -0.789. The molecule has 0 rings (SSSR count). The van der Waals surface area contributed by atoms with Gasteiger partial charge < -0.3 is 16.2 Å². The molecular formula is C15H26N2O4. The highest BCUT2D eigenvalue weighted by Gasteiger charge is 2.14. The van der Waals surface area contributed by atoms with Crippen molar-refractivity contribution in [3.63, 3.8) is 0 Å². The molecule has 6 heteroatoms. The number of nitrogens with two attached hydrogens (primary N) is 1. The van der Waals surface area contributed by atoms with E-state index < -0.39 is 5.97 Å². The molecule has 0 fully saturated rings. The van der Waals surface area contributed by atoms with Crippen LogP contribution in [-0.2, 0) is 14.4 Å². The molecule has 0 radical (unpaired) electrons. The van der Waals surface area contributed by atoms with Crippen molar-refractivity contribution >= 4 is 17.8 Å². The first-order valence-electron chi connectivity index (χ1n) is 7.38. The molecule has 0 aromatic carbocycles. The smallest absolute Gasteiger partial charge is 0.303 e. The van der Waals surface area contributed by atoms with Gasteiger partial charge in [-0.2, -0.15) is 0 Å². The fourth-order valence-corrected chi connectivity index (χ4v) is 2.07. The predicted molar refractivity (Wildman–Crippen MR) is 80.5 cm³/mol. The molecule has 0 saturated carbocycles. The molecule has 0 aliphatic carbocycles. The number of rotatable bonds is 13. The summed E-state index contributed by atoms with van der Waals surface area (Å²) in [6.45, 7) is 3.93. The van der Waals surface area contributed by atoms with E-state index in [2.05, 4.69) is 11.9 Å². The van der Waals surface area contributed by atoms with Gasteiger partial charge in [0.25, 0.3) is 0 Å². The van der Waals surface area contributed by atoms with E-state index in [-0.39, 0.29) is 24.2 Å². The summed E-state index contributed by atoms with van der Waals surface area (Å²) < 4.78 is 0. The van der Waals surface area contributed by atoms with Crippen molar-refractivity contribution in [3.8, 4) is 0 Å². The summed E-state index contributed by atoms with van der Waals surface area (Å²) in [7, 11) is 0. The van der Waals surface area contributed by atoms with Crippen LogP contribution in [0.3, 0.4) is 0 Å². The van der Waals surface area contributed by atoms with E-state index >= 15 is 0 Å². The Morgan fingerprint density at radius 3 is 2.24 bits per heavy atom. The van der Waals surface area contributed by atoms with Crippen molar-refractivity contribution in [1.82, 2.24) is 5.32 Å². The Labute approximate surface area is 125 Å². The van der Waals surface area contributed by atoms with Crippen molar-refractivity contribution in [2.24, 2.45) is 11.7 Å². The lowest BCUT2D eigenvalue weighted by Crippen LogP contribution is -2.24. The molecule has 0 bridgehead atoms. The minimum Gasteiger partial charge on any atom is -0.481 e. The van der Waals surface area contributed by atoms with E-state index in [1.807, 2.05) is 0 Å². The summed E-state index contributed by atoms with van der Waals surface area (Å²) in [5.74, 6) is -1.45. The van der Waals surface area contributed by atoms with E-state index in [9.17, 15) is 14.4 Å². The number of primary amides is 1. The van der Waals surface area contributed by atoms with Crippen LogP contribution in [0.2, 0.25) is 0 Å². The van der Waals surface area contributed by atoms with Gasteiger partial charge in [0.15, 0.2) is 0 Å². The number of aliphatic carboxylic acids is 1. The van der Waals surface area contributed by atoms with Crippen molar-refractivity contribution in [3.05, 3.63) is 12.7 Å². The zero-order valence-corrected chi connectivity index (χ0v) is 12.5. The fraction of sp³-hybridized carbons (Fsp3) is 0.667. The average molecular weight is 298 g/mol. The second kappa shape index (κ2) is 11.9. The van der Waals surface area contributed by atoms with Crippen LogP contribution in [0.25, 0.3) is 0 Å². The monoisotopic (exact) mass is 298 g/mol. The molecule has 0 saturated heterocycles. The van der Waals surface area contributed by atoms with Gasteiger partial charge in [-0.25, -0.2) is 0 Å². The maximum atomic E-state index is 11.3. The normalized spacial score (nSPS) is 11.6. The number of carbonyl (C=O) groups excluding carboxylic acids is 2. The third kappa shape index (κ3) is 11.7. The van der Waals surface area contributed by atoms with Crippen molar-refractivity contribution in [2.45, 2.75) is 51.4 Å². The van der Waals surface area contributed by atoms with Crippen LogP contribution in [0, 0.1) is 5.92 Å². The van der Waals surface area contributed by atoms with E-state index in [1.54, 1.807) is 0 Å². The standard InChI is InChI=1S/C15H26N2O4/c1-2-13(18)17-11-7-6-9-12(15(16)21)8-4-3-5-10-14(19)20/h2,12H,1,3-11H2,(H2,16,21)(H,17,18)(H,19,20). The lowest BCUT2D eigenvalue weighted by Gasteiger charge is -2.13. The van der Waals surface area contributed by atoms with Gasteiger partial charge in [-0.05, 0) is 31.8 Å². The Balaban J connectivity index is 3.72. The van der Waals surface area contributed by atoms with Crippen molar-refractivity contribution in [1.29, 1.82) is 0 Å². The quantitative estimate of drug-likeness (QED) is 0.354. The number of amides is 2. The number of carbonyl (C=O) groups is 3. The molecule has 0 aromatic heterocycles. The first-order valence-corrected chi connectivity index (χ1v) is 7.38. The summed E-state index contributed by atoms with van der Waals surface area (Å²) in [5.41, 5.74) is 5.37. The third-order valence-electron chi connectivity index (χ3n) is 3.31. The van der Waals surface area contributed by atoms with Gasteiger partial charge in [-0.1, -0.05) is 25.8 Å². The maximum absolute atomic E-state index is 11.3. The lowest BCUT2D eigenvalue weighted by atomic mass is 9.94. The first-order chi connectivity index (χ1) is 9.97. The molecule has 0 heterocycles. The van der Waals surface area contributed by atoms with Crippen LogP contribution in [0.4, 0.5) is 0 Å². The van der Waals surface area contributed by atoms with E-state index in [1.165, 1.54) is 6.08 Å². The van der Waals surface area contributed by atoms with Crippen LogP contribution < -0.4 is 11.1 Å². The molecule has 0 aliphatic heterocycles. The predicted octanol–water partition coefficient (Wildman–Crippen LogP) is 1.60. The minimum absolute atomic E-state index is 0.162. The topological polar surface area (TPSA) is 109 Å². The molecule has 0 aromatic rings. The average Bonchev–Trinajstić information content (AvgIpc) is 2.43. The fourth-order valence-electron chi connectivity index (χ4n) is 2.07. The summed E-state index contributed by atoms with van der Waals surface area (Å²) in [6.07, 6.45) is 6.66. The number of unbranched alkanes of at least 4 members (excludes halogenated alkanes) is 3. The lowest BCUT2D eigenvalue weighted by molar-refractivity contribution is -0.137. The Kier molecular flexibility index (Phi) is 10.9. The molecule has 21 heavy (non-hydrogen) atoms. The van der Waals surface area contributed by atoms with Crippen LogP contribution in [0.1, 0.15) is 51.4 Å². The highest BCUT2D eigenvalue weighted by atomic mass is 16.4. The van der Waals surface area contributed by atoms with Gasteiger partial charge in [0, 0.05) is 18.9 Å².